The third-order valence-corrected chi connectivity index (χ3v) is 13.5. The van der Waals surface area contributed by atoms with E-state index in [-0.39, 0.29) is 0 Å². The van der Waals surface area contributed by atoms with Gasteiger partial charge in [-0.2, -0.15) is 0 Å². The fourth-order valence-electron chi connectivity index (χ4n) is 9.21. The summed E-state index contributed by atoms with van der Waals surface area (Å²) >= 11 is 1.86. The molecule has 0 N–H and O–H groups in total. The summed E-state index contributed by atoms with van der Waals surface area (Å²) in [4.78, 5) is 15.5. The van der Waals surface area contributed by atoms with Gasteiger partial charge in [0.15, 0.2) is 17.5 Å². The number of rotatable bonds is 8. The molecule has 304 valence electrons. The first-order chi connectivity index (χ1) is 32.2. The Labute approximate surface area is 381 Å². The van der Waals surface area contributed by atoms with Crippen LogP contribution >= 0.6 is 11.3 Å². The van der Waals surface area contributed by atoms with Crippen molar-refractivity contribution in [3.05, 3.63) is 237 Å². The summed E-state index contributed by atoms with van der Waals surface area (Å²) in [7, 11) is 0. The van der Waals surface area contributed by atoms with Crippen LogP contribution in [0, 0.1) is 0 Å². The van der Waals surface area contributed by atoms with Crippen LogP contribution in [0.3, 0.4) is 0 Å². The molecule has 0 saturated carbocycles. The summed E-state index contributed by atoms with van der Waals surface area (Å²) in [5.41, 5.74) is 14.4. The van der Waals surface area contributed by atoms with Crippen LogP contribution in [0.5, 0.6) is 0 Å². The lowest BCUT2D eigenvalue weighted by Crippen LogP contribution is -2.01. The van der Waals surface area contributed by atoms with Crippen LogP contribution in [0.25, 0.3) is 121 Å². The summed E-state index contributed by atoms with van der Waals surface area (Å²) in [6.45, 7) is 0. The molecule has 0 fully saturated rings. The van der Waals surface area contributed by atoms with Gasteiger partial charge in [-0.15, -0.1) is 11.3 Å². The standard InChI is InChI=1S/C61H39N3S/c1-3-15-40(16-4-1)46-19-13-20-47(39-46)60-62-59(63-61(64-60)54-24-10-7-21-48(54)43-17-5-2-6-18-43)45-35-31-42(32-36-45)41-29-33-44(34-30-41)49-37-38-52(51-23-9-8-22-50(49)51)53-26-14-28-57-58(53)55-25-11-12-27-56(55)65-57/h1-39H. The molecule has 0 bridgehead atoms. The van der Waals surface area contributed by atoms with Crippen molar-refractivity contribution in [3.8, 4) is 89.8 Å². The molecule has 65 heavy (non-hydrogen) atoms. The van der Waals surface area contributed by atoms with Crippen molar-refractivity contribution in [1.29, 1.82) is 0 Å². The Morgan fingerprint density at radius 2 is 0.677 bits per heavy atom. The number of thiophene rings is 1. The highest BCUT2D eigenvalue weighted by Gasteiger charge is 2.18. The van der Waals surface area contributed by atoms with E-state index in [9.17, 15) is 0 Å². The van der Waals surface area contributed by atoms with Gasteiger partial charge in [-0.1, -0.05) is 218 Å². The SMILES string of the molecule is c1ccc(-c2cccc(-c3nc(-c4ccc(-c5ccc(-c6ccc(-c7cccc8sc9ccccc9c78)c7ccccc67)cc5)cc4)nc(-c4ccccc4-c4ccccc4)n3)c2)cc1. The number of aromatic nitrogens is 3. The molecular weight excluding hydrogens is 807 g/mol. The van der Waals surface area contributed by atoms with Crippen molar-refractivity contribution < 1.29 is 0 Å². The molecule has 0 amide bonds. The minimum absolute atomic E-state index is 0.624. The Balaban J connectivity index is 0.893. The van der Waals surface area contributed by atoms with E-state index in [1.807, 2.05) is 29.5 Å². The van der Waals surface area contributed by atoms with Gasteiger partial charge >= 0.3 is 0 Å². The molecule has 3 nitrogen and oxygen atoms in total. The predicted molar refractivity (Wildman–Crippen MR) is 274 cm³/mol. The summed E-state index contributed by atoms with van der Waals surface area (Å²) in [6.07, 6.45) is 0. The average molecular weight is 846 g/mol. The second kappa shape index (κ2) is 16.4. The Hall–Kier alpha value is -8.31. The molecule has 0 atom stereocenters. The van der Waals surface area contributed by atoms with Crippen LogP contribution in [-0.4, -0.2) is 15.0 Å². The van der Waals surface area contributed by atoms with Crippen molar-refractivity contribution in [2.45, 2.75) is 0 Å². The maximum Gasteiger partial charge on any atom is 0.164 e. The molecule has 0 aliphatic rings. The first-order valence-electron chi connectivity index (χ1n) is 21.9. The van der Waals surface area contributed by atoms with Gasteiger partial charge in [-0.3, -0.25) is 0 Å². The normalized spacial score (nSPS) is 11.4. The zero-order chi connectivity index (χ0) is 43.1. The minimum Gasteiger partial charge on any atom is -0.208 e. The summed E-state index contributed by atoms with van der Waals surface area (Å²) in [5, 5.41) is 5.15. The van der Waals surface area contributed by atoms with E-state index in [0.717, 1.165) is 50.1 Å². The fraction of sp³-hybridized carbons (Fsp3) is 0. The van der Waals surface area contributed by atoms with E-state index in [1.165, 1.54) is 53.2 Å². The van der Waals surface area contributed by atoms with Gasteiger partial charge in [0.1, 0.15) is 0 Å². The first kappa shape index (κ1) is 38.4. The summed E-state index contributed by atoms with van der Waals surface area (Å²) in [6, 6.07) is 84.1. The molecule has 0 saturated heterocycles. The van der Waals surface area contributed by atoms with E-state index in [2.05, 4.69) is 218 Å². The highest BCUT2D eigenvalue weighted by Crippen LogP contribution is 2.44. The number of fused-ring (bicyclic) bond motifs is 4. The number of nitrogens with zero attached hydrogens (tertiary/aromatic N) is 3. The lowest BCUT2D eigenvalue weighted by molar-refractivity contribution is 1.07. The van der Waals surface area contributed by atoms with Crippen molar-refractivity contribution in [3.63, 3.8) is 0 Å². The molecule has 12 rings (SSSR count). The van der Waals surface area contributed by atoms with E-state index in [0.29, 0.717) is 17.5 Å². The molecule has 0 spiro atoms. The van der Waals surface area contributed by atoms with Crippen LogP contribution in [0.15, 0.2) is 237 Å². The fourth-order valence-corrected chi connectivity index (χ4v) is 10.3. The molecule has 0 aliphatic heterocycles. The molecule has 0 radical (unpaired) electrons. The topological polar surface area (TPSA) is 38.7 Å². The van der Waals surface area contributed by atoms with Crippen LogP contribution < -0.4 is 0 Å². The van der Waals surface area contributed by atoms with Gasteiger partial charge in [0.2, 0.25) is 0 Å². The van der Waals surface area contributed by atoms with Crippen molar-refractivity contribution >= 4 is 42.3 Å². The van der Waals surface area contributed by atoms with E-state index in [4.69, 9.17) is 15.0 Å². The van der Waals surface area contributed by atoms with Crippen LogP contribution in [0.2, 0.25) is 0 Å². The van der Waals surface area contributed by atoms with E-state index >= 15 is 0 Å². The third kappa shape index (κ3) is 7.16. The second-order valence-corrected chi connectivity index (χ2v) is 17.4. The summed E-state index contributed by atoms with van der Waals surface area (Å²) < 4.78 is 2.64. The highest BCUT2D eigenvalue weighted by atomic mass is 32.1. The Morgan fingerprint density at radius 1 is 0.231 bits per heavy atom. The lowest BCUT2D eigenvalue weighted by Gasteiger charge is -2.14. The van der Waals surface area contributed by atoms with Gasteiger partial charge in [0.05, 0.1) is 0 Å². The Bertz CT molecular complexity index is 3690. The van der Waals surface area contributed by atoms with Gasteiger partial charge < -0.3 is 0 Å². The number of hydrogen-bond acceptors (Lipinski definition) is 4. The van der Waals surface area contributed by atoms with E-state index < -0.39 is 0 Å². The average Bonchev–Trinajstić information content (AvgIpc) is 3.78. The lowest BCUT2D eigenvalue weighted by atomic mass is 9.90. The van der Waals surface area contributed by atoms with Crippen molar-refractivity contribution in [1.82, 2.24) is 15.0 Å². The molecule has 2 heterocycles. The molecular formula is C61H39N3S. The zero-order valence-electron chi connectivity index (χ0n) is 35.3. The van der Waals surface area contributed by atoms with Crippen LogP contribution in [0.4, 0.5) is 0 Å². The predicted octanol–water partition coefficient (Wildman–Crippen LogP) is 16.7. The first-order valence-corrected chi connectivity index (χ1v) is 22.7. The molecule has 10 aromatic carbocycles. The minimum atomic E-state index is 0.624. The van der Waals surface area contributed by atoms with Gasteiger partial charge in [-0.05, 0) is 84.6 Å². The third-order valence-electron chi connectivity index (χ3n) is 12.4. The second-order valence-electron chi connectivity index (χ2n) is 16.3. The molecule has 4 heteroatoms. The summed E-state index contributed by atoms with van der Waals surface area (Å²) in [5.74, 6) is 1.88. The van der Waals surface area contributed by atoms with Crippen LogP contribution in [-0.2, 0) is 0 Å². The number of benzene rings is 10. The zero-order valence-corrected chi connectivity index (χ0v) is 36.1. The maximum absolute atomic E-state index is 5.17. The number of hydrogen-bond donors (Lipinski definition) is 0. The molecule has 0 aliphatic carbocycles. The Morgan fingerprint density at radius 3 is 1.42 bits per heavy atom. The van der Waals surface area contributed by atoms with Gasteiger partial charge in [0, 0.05) is 36.9 Å². The molecule has 2 aromatic heterocycles. The smallest absolute Gasteiger partial charge is 0.164 e. The van der Waals surface area contributed by atoms with Crippen molar-refractivity contribution in [2.75, 3.05) is 0 Å². The van der Waals surface area contributed by atoms with Gasteiger partial charge in [0.25, 0.3) is 0 Å². The van der Waals surface area contributed by atoms with E-state index in [1.54, 1.807) is 0 Å². The quantitative estimate of drug-likeness (QED) is 0.153. The maximum atomic E-state index is 5.17. The highest BCUT2D eigenvalue weighted by molar-refractivity contribution is 7.25. The largest absolute Gasteiger partial charge is 0.208 e. The van der Waals surface area contributed by atoms with Crippen LogP contribution in [0.1, 0.15) is 0 Å². The molecule has 0 unspecified atom stereocenters. The Kier molecular flexibility index (Phi) is 9.70. The molecule has 12 aromatic rings. The van der Waals surface area contributed by atoms with Gasteiger partial charge in [-0.25, -0.2) is 15.0 Å². The van der Waals surface area contributed by atoms with Crippen molar-refractivity contribution in [2.24, 2.45) is 0 Å². The monoisotopic (exact) mass is 845 g/mol.